The predicted molar refractivity (Wildman–Crippen MR) is 16.0 cm³/mol. The van der Waals surface area contributed by atoms with E-state index in [2.05, 4.69) is 0 Å². The Labute approximate surface area is 60.8 Å². The van der Waals surface area contributed by atoms with Crippen molar-refractivity contribution in [3.05, 3.63) is 0 Å². The smallest absolute Gasteiger partial charge is 0.0411 e. The third-order valence-corrected chi connectivity index (χ3v) is 0.289. The van der Waals surface area contributed by atoms with Gasteiger partial charge in [0, 0.05) is 31.8 Å². The molecule has 0 fully saturated rings. The van der Waals surface area contributed by atoms with Gasteiger partial charge in [-0.2, -0.15) is 0 Å². The molecule has 0 atom stereocenters. The SMILES string of the molecule is CCC(=O)[O-].[Hf].[O-2]. The quantitative estimate of drug-likeness (QED) is 0.573. The molecule has 4 heteroatoms. The molecule has 0 aliphatic heterocycles. The van der Waals surface area contributed by atoms with Crippen LogP contribution in [-0.4, -0.2) is 5.97 Å². The van der Waals surface area contributed by atoms with Crippen LogP contribution in [0.1, 0.15) is 13.3 Å². The van der Waals surface area contributed by atoms with Crippen molar-refractivity contribution < 1.29 is 41.2 Å². The number of carboxylic acids is 1. The summed E-state index contributed by atoms with van der Waals surface area (Å²) in [6.45, 7) is 1.54. The van der Waals surface area contributed by atoms with Crippen LogP contribution in [0.25, 0.3) is 0 Å². The van der Waals surface area contributed by atoms with Gasteiger partial charge in [0.05, 0.1) is 0 Å². The van der Waals surface area contributed by atoms with E-state index in [0.717, 1.165) is 0 Å². The van der Waals surface area contributed by atoms with Gasteiger partial charge in [0.2, 0.25) is 0 Å². The summed E-state index contributed by atoms with van der Waals surface area (Å²) in [5, 5.41) is 9.26. The second kappa shape index (κ2) is 9.57. The van der Waals surface area contributed by atoms with E-state index in [1.807, 2.05) is 0 Å². The summed E-state index contributed by atoms with van der Waals surface area (Å²) < 4.78 is 0. The van der Waals surface area contributed by atoms with E-state index >= 15 is 0 Å². The molecule has 0 aromatic rings. The van der Waals surface area contributed by atoms with Gasteiger partial charge in [-0.3, -0.25) is 0 Å². The molecule has 0 radical (unpaired) electrons. The van der Waals surface area contributed by atoms with Gasteiger partial charge in [0.15, 0.2) is 0 Å². The summed E-state index contributed by atoms with van der Waals surface area (Å²) in [5.74, 6) is -0.995. The number of hydrogen-bond acceptors (Lipinski definition) is 2. The molecule has 0 bridgehead atoms. The maximum absolute atomic E-state index is 9.26. The topological polar surface area (TPSA) is 68.6 Å². The molecule has 42 valence electrons. The largest absolute Gasteiger partial charge is 2.00 e. The number of rotatable bonds is 1. The molecular formula is C3H5HfO3-3. The Balaban J connectivity index is -0.0000000800. The first-order valence-corrected chi connectivity index (χ1v) is 1.47. The van der Waals surface area contributed by atoms with Crippen LogP contribution in [0.5, 0.6) is 0 Å². The number of carbonyl (C=O) groups excluding carboxylic acids is 1. The molecule has 0 unspecified atom stereocenters. The Bertz CT molecular complexity index is 45.4. The van der Waals surface area contributed by atoms with Gasteiger partial charge in [-0.25, -0.2) is 0 Å². The second-order valence-corrected chi connectivity index (χ2v) is 0.726. The zero-order valence-electron chi connectivity index (χ0n) is 3.93. The van der Waals surface area contributed by atoms with Crippen molar-refractivity contribution in [3.8, 4) is 0 Å². The Kier molecular flexibility index (Phi) is 21.4. The van der Waals surface area contributed by atoms with Crippen molar-refractivity contribution >= 4 is 5.97 Å². The molecule has 7 heavy (non-hydrogen) atoms. The van der Waals surface area contributed by atoms with E-state index in [-0.39, 0.29) is 37.7 Å². The molecule has 0 aromatic heterocycles. The molecule has 0 saturated carbocycles. The maximum Gasteiger partial charge on any atom is 0.0411 e. The third kappa shape index (κ3) is 22.0. The fraction of sp³-hybridized carbons (Fsp3) is 0.667. The summed E-state index contributed by atoms with van der Waals surface area (Å²) in [6, 6.07) is 0. The minimum atomic E-state index is -0.995. The molecule has 0 heterocycles. The van der Waals surface area contributed by atoms with Crippen LogP contribution in [0.4, 0.5) is 0 Å². The van der Waals surface area contributed by atoms with Crippen LogP contribution >= 0.6 is 0 Å². The number of hydrogen-bond donors (Lipinski definition) is 0. The summed E-state index contributed by atoms with van der Waals surface area (Å²) >= 11 is 0. The molecule has 0 aromatic carbocycles. The van der Waals surface area contributed by atoms with Crippen LogP contribution in [0, 0.1) is 0 Å². The molecule has 3 nitrogen and oxygen atoms in total. The molecule has 0 aliphatic carbocycles. The second-order valence-electron chi connectivity index (χ2n) is 0.726. The maximum atomic E-state index is 9.26. The Morgan fingerprint density at radius 3 is 1.86 bits per heavy atom. The number of carbonyl (C=O) groups is 1. The molecule has 0 rings (SSSR count). The molecule has 0 aliphatic rings. The van der Waals surface area contributed by atoms with Gasteiger partial charge < -0.3 is 15.4 Å². The van der Waals surface area contributed by atoms with E-state index in [1.54, 1.807) is 0 Å². The van der Waals surface area contributed by atoms with E-state index in [1.165, 1.54) is 6.92 Å². The molecule has 0 amide bonds. The van der Waals surface area contributed by atoms with Crippen molar-refractivity contribution in [1.29, 1.82) is 0 Å². The first-order valence-electron chi connectivity index (χ1n) is 1.47. The van der Waals surface area contributed by atoms with Crippen molar-refractivity contribution in [3.63, 3.8) is 0 Å². The Hall–Kier alpha value is 0.300. The fourth-order valence-electron chi connectivity index (χ4n) is 0. The zero-order chi connectivity index (χ0) is 4.28. The number of carboxylic acid groups (broad SMARTS) is 1. The van der Waals surface area contributed by atoms with Crippen molar-refractivity contribution in [2.24, 2.45) is 0 Å². The molecular weight excluding hydrogens is 263 g/mol. The fourth-order valence-corrected chi connectivity index (χ4v) is 0. The van der Waals surface area contributed by atoms with Crippen LogP contribution in [-0.2, 0) is 36.1 Å². The van der Waals surface area contributed by atoms with Gasteiger partial charge in [-0.1, -0.05) is 6.92 Å². The van der Waals surface area contributed by atoms with Crippen molar-refractivity contribution in [1.82, 2.24) is 0 Å². The molecule has 0 N–H and O–H groups in total. The van der Waals surface area contributed by atoms with Crippen molar-refractivity contribution in [2.45, 2.75) is 13.3 Å². The van der Waals surface area contributed by atoms with Crippen LogP contribution < -0.4 is 5.11 Å². The minimum Gasteiger partial charge on any atom is -2.00 e. The van der Waals surface area contributed by atoms with Gasteiger partial charge in [0.1, 0.15) is 0 Å². The van der Waals surface area contributed by atoms with E-state index in [9.17, 15) is 9.90 Å². The first-order chi connectivity index (χ1) is 2.27. The zero-order valence-corrected chi connectivity index (χ0v) is 7.52. The number of aliphatic carboxylic acids is 1. The normalized spacial score (nSPS) is 5.29. The summed E-state index contributed by atoms with van der Waals surface area (Å²) in [7, 11) is 0. The summed E-state index contributed by atoms with van der Waals surface area (Å²) in [5.41, 5.74) is 0. The minimum absolute atomic E-state index is 0. The Morgan fingerprint density at radius 1 is 1.71 bits per heavy atom. The van der Waals surface area contributed by atoms with Gasteiger partial charge in [-0.05, 0) is 6.42 Å². The Morgan fingerprint density at radius 2 is 1.86 bits per heavy atom. The molecule has 0 spiro atoms. The average molecular weight is 268 g/mol. The third-order valence-electron chi connectivity index (χ3n) is 0.289. The van der Waals surface area contributed by atoms with Crippen LogP contribution in [0.15, 0.2) is 0 Å². The van der Waals surface area contributed by atoms with E-state index < -0.39 is 5.97 Å². The van der Waals surface area contributed by atoms with Gasteiger partial charge in [0.25, 0.3) is 0 Å². The standard InChI is InChI=1S/C3H6O2.Hf.O/c1-2-3(4)5;;/h2H2,1H3,(H,4,5);;/q;;-2/p-1. The van der Waals surface area contributed by atoms with Crippen molar-refractivity contribution in [2.75, 3.05) is 0 Å². The molecule has 0 saturated heterocycles. The monoisotopic (exact) mass is 269 g/mol. The predicted octanol–water partition coefficient (Wildman–Crippen LogP) is -0.975. The summed E-state index contributed by atoms with van der Waals surface area (Å²) in [4.78, 5) is 9.26. The summed E-state index contributed by atoms with van der Waals surface area (Å²) in [6.07, 6.45) is 0.111. The van der Waals surface area contributed by atoms with Gasteiger partial charge in [-0.15, -0.1) is 0 Å². The van der Waals surface area contributed by atoms with E-state index in [0.29, 0.717) is 0 Å². The van der Waals surface area contributed by atoms with Crippen LogP contribution in [0.3, 0.4) is 0 Å². The average Bonchev–Trinajstić information content (AvgIpc) is 1.38. The van der Waals surface area contributed by atoms with Gasteiger partial charge >= 0.3 is 0 Å². The van der Waals surface area contributed by atoms with E-state index in [4.69, 9.17) is 0 Å². The van der Waals surface area contributed by atoms with Crippen LogP contribution in [0.2, 0.25) is 0 Å². The first kappa shape index (κ1) is 15.7.